The highest BCUT2D eigenvalue weighted by Gasteiger charge is 2.25. The van der Waals surface area contributed by atoms with Gasteiger partial charge in [0, 0.05) is 18.1 Å². The van der Waals surface area contributed by atoms with Gasteiger partial charge in [-0.1, -0.05) is 48.2 Å². The van der Waals surface area contributed by atoms with Gasteiger partial charge in [0.25, 0.3) is 11.5 Å². The van der Waals surface area contributed by atoms with Crippen LogP contribution in [0.1, 0.15) is 23.0 Å². The fraction of sp³-hybridized carbons (Fsp3) is 0.154. The van der Waals surface area contributed by atoms with Crippen molar-refractivity contribution in [2.24, 2.45) is 7.05 Å². The average Bonchev–Trinajstić information content (AvgIpc) is 3.08. The third-order valence-corrected chi connectivity index (χ3v) is 6.43. The second kappa shape index (κ2) is 10.4. The summed E-state index contributed by atoms with van der Waals surface area (Å²) in [5.74, 6) is -1.28. The lowest BCUT2D eigenvalue weighted by Gasteiger charge is -2.14. The molecule has 0 fully saturated rings. The summed E-state index contributed by atoms with van der Waals surface area (Å²) >= 11 is 1.33. The maximum Gasteiger partial charge on any atom is 0.341 e. The summed E-state index contributed by atoms with van der Waals surface area (Å²) in [7, 11) is 1.73. The number of para-hydroxylation sites is 1. The molecule has 2 aromatic carbocycles. The van der Waals surface area contributed by atoms with Crippen LogP contribution in [0.3, 0.4) is 0 Å². The fourth-order valence-corrected chi connectivity index (χ4v) is 4.33. The number of hydrogen-bond donors (Lipinski definition) is 1. The van der Waals surface area contributed by atoms with Crippen LogP contribution in [-0.4, -0.2) is 32.3 Å². The first-order chi connectivity index (χ1) is 16.9. The molecule has 0 bridgehead atoms. The second-order valence-electron chi connectivity index (χ2n) is 7.74. The number of benzene rings is 2. The summed E-state index contributed by atoms with van der Waals surface area (Å²) in [6.45, 7) is 3.19. The molecule has 178 valence electrons. The highest BCUT2D eigenvalue weighted by atomic mass is 32.2. The number of aromatic nitrogens is 3. The maximum atomic E-state index is 13.0. The Kier molecular flexibility index (Phi) is 7.17. The van der Waals surface area contributed by atoms with Crippen molar-refractivity contribution in [1.29, 1.82) is 0 Å². The minimum atomic E-state index is -1.14. The molecule has 35 heavy (non-hydrogen) atoms. The van der Waals surface area contributed by atoms with Crippen LogP contribution in [0.15, 0.2) is 93.7 Å². The maximum absolute atomic E-state index is 13.0. The van der Waals surface area contributed by atoms with E-state index in [1.165, 1.54) is 23.4 Å². The third-order valence-electron chi connectivity index (χ3n) is 5.40. The molecule has 0 aliphatic carbocycles. The van der Waals surface area contributed by atoms with Crippen molar-refractivity contribution in [2.45, 2.75) is 29.9 Å². The van der Waals surface area contributed by atoms with Crippen molar-refractivity contribution >= 4 is 29.3 Å². The Morgan fingerprint density at radius 2 is 1.66 bits per heavy atom. The molecule has 8 nitrogen and oxygen atoms in total. The van der Waals surface area contributed by atoms with Crippen molar-refractivity contribution in [1.82, 2.24) is 14.3 Å². The SMILES string of the molecule is Cc1c(NC(=O)C(C)OC(=O)c2cccnc2Sc2ccccc2)c(=O)n(-c2ccccc2)n1C. The van der Waals surface area contributed by atoms with Gasteiger partial charge in [-0.25, -0.2) is 14.5 Å². The first-order valence-electron chi connectivity index (χ1n) is 10.9. The Labute approximate surface area is 206 Å². The van der Waals surface area contributed by atoms with E-state index in [4.69, 9.17) is 4.74 Å². The van der Waals surface area contributed by atoms with E-state index in [9.17, 15) is 14.4 Å². The van der Waals surface area contributed by atoms with Crippen LogP contribution >= 0.6 is 11.8 Å². The molecular formula is C26H24N4O4S. The van der Waals surface area contributed by atoms with E-state index >= 15 is 0 Å². The molecular weight excluding hydrogens is 464 g/mol. The van der Waals surface area contributed by atoms with Crippen LogP contribution in [0.5, 0.6) is 0 Å². The molecule has 2 aromatic heterocycles. The lowest BCUT2D eigenvalue weighted by atomic mass is 10.3. The molecule has 1 amide bonds. The topological polar surface area (TPSA) is 95.2 Å². The molecule has 1 N–H and O–H groups in total. The number of anilines is 1. The van der Waals surface area contributed by atoms with Gasteiger partial charge in [-0.2, -0.15) is 0 Å². The van der Waals surface area contributed by atoms with E-state index in [-0.39, 0.29) is 16.8 Å². The number of nitrogens with zero attached hydrogens (tertiary/aromatic N) is 3. The molecule has 0 aliphatic heterocycles. The number of hydrogen-bond acceptors (Lipinski definition) is 6. The zero-order valence-electron chi connectivity index (χ0n) is 19.5. The smallest absolute Gasteiger partial charge is 0.341 e. The minimum absolute atomic E-state index is 0.131. The molecule has 0 saturated carbocycles. The van der Waals surface area contributed by atoms with Crippen LogP contribution in [0.2, 0.25) is 0 Å². The van der Waals surface area contributed by atoms with Crippen LogP contribution in [0.25, 0.3) is 5.69 Å². The quantitative estimate of drug-likeness (QED) is 0.392. The van der Waals surface area contributed by atoms with Crippen LogP contribution in [0.4, 0.5) is 5.69 Å². The van der Waals surface area contributed by atoms with Gasteiger partial charge in [-0.3, -0.25) is 14.3 Å². The molecule has 0 aliphatic rings. The summed E-state index contributed by atoms with van der Waals surface area (Å²) < 4.78 is 8.55. The van der Waals surface area contributed by atoms with Gasteiger partial charge < -0.3 is 10.1 Å². The van der Waals surface area contributed by atoms with E-state index in [1.54, 1.807) is 49.1 Å². The lowest BCUT2D eigenvalue weighted by Crippen LogP contribution is -2.32. The van der Waals surface area contributed by atoms with E-state index in [0.29, 0.717) is 16.4 Å². The van der Waals surface area contributed by atoms with E-state index in [2.05, 4.69) is 10.3 Å². The molecule has 0 spiro atoms. The molecule has 2 heterocycles. The van der Waals surface area contributed by atoms with Crippen molar-refractivity contribution < 1.29 is 14.3 Å². The highest BCUT2D eigenvalue weighted by Crippen LogP contribution is 2.29. The van der Waals surface area contributed by atoms with Gasteiger partial charge >= 0.3 is 5.97 Å². The Bertz CT molecular complexity index is 1410. The number of amides is 1. The highest BCUT2D eigenvalue weighted by molar-refractivity contribution is 7.99. The molecule has 4 aromatic rings. The molecule has 4 rings (SSSR count). The van der Waals surface area contributed by atoms with Crippen molar-refractivity contribution in [3.05, 3.63) is 101 Å². The minimum Gasteiger partial charge on any atom is -0.449 e. The predicted molar refractivity (Wildman–Crippen MR) is 134 cm³/mol. The van der Waals surface area contributed by atoms with E-state index in [1.807, 2.05) is 48.5 Å². The first kappa shape index (κ1) is 24.0. The normalized spacial score (nSPS) is 11.6. The van der Waals surface area contributed by atoms with Gasteiger partial charge in [0.05, 0.1) is 16.9 Å². The number of pyridine rings is 1. The molecule has 9 heteroatoms. The van der Waals surface area contributed by atoms with Gasteiger partial charge in [0.15, 0.2) is 6.10 Å². The van der Waals surface area contributed by atoms with Gasteiger partial charge in [-0.15, -0.1) is 0 Å². The molecule has 0 saturated heterocycles. The molecule has 1 atom stereocenters. The number of ether oxygens (including phenoxy) is 1. The van der Waals surface area contributed by atoms with Gasteiger partial charge in [-0.05, 0) is 50.2 Å². The first-order valence-corrected chi connectivity index (χ1v) is 11.7. The Morgan fingerprint density at radius 3 is 2.34 bits per heavy atom. The number of rotatable bonds is 7. The van der Waals surface area contributed by atoms with Crippen LogP contribution in [0, 0.1) is 6.92 Å². The summed E-state index contributed by atoms with van der Waals surface area (Å²) in [4.78, 5) is 44.0. The number of carbonyl (C=O) groups is 2. The van der Waals surface area contributed by atoms with Crippen molar-refractivity contribution in [3.8, 4) is 5.69 Å². The summed E-state index contributed by atoms with van der Waals surface area (Å²) in [6.07, 6.45) is 0.454. The number of nitrogens with one attached hydrogen (secondary N) is 1. The van der Waals surface area contributed by atoms with Crippen LogP contribution in [-0.2, 0) is 16.6 Å². The monoisotopic (exact) mass is 488 g/mol. The second-order valence-corrected chi connectivity index (χ2v) is 8.81. The van der Waals surface area contributed by atoms with Gasteiger partial charge in [0.2, 0.25) is 0 Å². The zero-order chi connectivity index (χ0) is 24.9. The summed E-state index contributed by atoms with van der Waals surface area (Å²) in [6, 6.07) is 21.9. The van der Waals surface area contributed by atoms with Crippen LogP contribution < -0.4 is 10.9 Å². The molecule has 0 radical (unpaired) electrons. The Balaban J connectivity index is 1.50. The lowest BCUT2D eigenvalue weighted by molar-refractivity contribution is -0.123. The van der Waals surface area contributed by atoms with Crippen molar-refractivity contribution in [2.75, 3.05) is 5.32 Å². The average molecular weight is 489 g/mol. The Morgan fingerprint density at radius 1 is 1.00 bits per heavy atom. The standard InChI is InChI=1S/C26H24N4O4S/c1-17-22(25(32)30(29(17)3)19-11-6-4-7-12-19)28-23(31)18(2)34-26(33)21-15-10-16-27-24(21)35-20-13-8-5-9-14-20/h4-16,18H,1-3H3,(H,28,31). The summed E-state index contributed by atoms with van der Waals surface area (Å²) in [5.41, 5.74) is 1.24. The Hall–Kier alpha value is -4.11. The fourth-order valence-electron chi connectivity index (χ4n) is 3.44. The van der Waals surface area contributed by atoms with E-state index in [0.717, 1.165) is 4.90 Å². The largest absolute Gasteiger partial charge is 0.449 e. The summed E-state index contributed by atoms with van der Waals surface area (Å²) in [5, 5.41) is 3.10. The van der Waals surface area contributed by atoms with Crippen molar-refractivity contribution in [3.63, 3.8) is 0 Å². The predicted octanol–water partition coefficient (Wildman–Crippen LogP) is 4.21. The zero-order valence-corrected chi connectivity index (χ0v) is 20.3. The third kappa shape index (κ3) is 5.20. The molecule has 1 unspecified atom stereocenters. The number of esters is 1. The number of carbonyl (C=O) groups excluding carboxylic acids is 2. The van der Waals surface area contributed by atoms with E-state index < -0.39 is 18.0 Å². The van der Waals surface area contributed by atoms with Gasteiger partial charge in [0.1, 0.15) is 10.7 Å².